The number of anilines is 1. The van der Waals surface area contributed by atoms with Gasteiger partial charge < -0.3 is 18.8 Å². The molecule has 0 bridgehead atoms. The first kappa shape index (κ1) is 29.2. The predicted octanol–water partition coefficient (Wildman–Crippen LogP) is 6.04. The highest BCUT2D eigenvalue weighted by Crippen LogP contribution is 2.31. The summed E-state index contributed by atoms with van der Waals surface area (Å²) in [6, 6.07) is 14.7. The lowest BCUT2D eigenvalue weighted by Gasteiger charge is -2.26. The molecule has 9 nitrogen and oxygen atoms in total. The van der Waals surface area contributed by atoms with Crippen LogP contribution in [0.15, 0.2) is 71.9 Å². The molecule has 3 heterocycles. The van der Waals surface area contributed by atoms with Crippen LogP contribution in [0.1, 0.15) is 27.2 Å². The summed E-state index contributed by atoms with van der Waals surface area (Å²) in [4.78, 5) is 17.2. The van der Waals surface area contributed by atoms with E-state index in [1.807, 2.05) is 29.0 Å². The van der Waals surface area contributed by atoms with Gasteiger partial charge in [-0.1, -0.05) is 23.2 Å². The van der Waals surface area contributed by atoms with Gasteiger partial charge in [-0.15, -0.1) is 0 Å². The molecule has 0 spiro atoms. The molecule has 1 fully saturated rings. The van der Waals surface area contributed by atoms with E-state index in [4.69, 9.17) is 37.4 Å². The largest absolute Gasteiger partial charge is 0.486 e. The van der Waals surface area contributed by atoms with Crippen LogP contribution in [0.2, 0.25) is 10.0 Å². The maximum absolute atomic E-state index is 13.8. The van der Waals surface area contributed by atoms with Crippen molar-refractivity contribution in [1.29, 1.82) is 0 Å². The van der Waals surface area contributed by atoms with Gasteiger partial charge in [0, 0.05) is 28.0 Å². The summed E-state index contributed by atoms with van der Waals surface area (Å²) in [7, 11) is -4.26. The summed E-state index contributed by atoms with van der Waals surface area (Å²) < 4.78 is 47.2. The number of carbonyl (C=O) groups excluding carboxylic acids is 1. The van der Waals surface area contributed by atoms with Crippen LogP contribution in [0.25, 0.3) is 16.7 Å². The first-order chi connectivity index (χ1) is 19.4. The van der Waals surface area contributed by atoms with Crippen LogP contribution in [-0.4, -0.2) is 55.4 Å². The highest BCUT2D eigenvalue weighted by Gasteiger charge is 2.30. The Morgan fingerprint density at radius 1 is 1.10 bits per heavy atom. The molecule has 0 radical (unpaired) electrons. The average Bonchev–Trinajstić information content (AvgIpc) is 3.56. The fourth-order valence-electron chi connectivity index (χ4n) is 4.48. The Labute approximate surface area is 248 Å². The van der Waals surface area contributed by atoms with Gasteiger partial charge in [-0.05, 0) is 75.4 Å². The Morgan fingerprint density at radius 2 is 1.85 bits per heavy atom. The summed E-state index contributed by atoms with van der Waals surface area (Å²) in [5.41, 5.74) is 0.262. The van der Waals surface area contributed by atoms with Crippen molar-refractivity contribution in [2.45, 2.75) is 43.8 Å². The van der Waals surface area contributed by atoms with E-state index in [0.29, 0.717) is 24.8 Å². The van der Waals surface area contributed by atoms with Gasteiger partial charge in [-0.25, -0.2) is 13.4 Å². The number of esters is 1. The number of hydrogen-bond acceptors (Lipinski definition) is 7. The van der Waals surface area contributed by atoms with E-state index in [0.717, 1.165) is 21.6 Å². The van der Waals surface area contributed by atoms with Gasteiger partial charge in [-0.3, -0.25) is 9.10 Å². The van der Waals surface area contributed by atoms with Gasteiger partial charge in [0.25, 0.3) is 10.0 Å². The van der Waals surface area contributed by atoms with Gasteiger partial charge in [0.05, 0.1) is 35.5 Å². The lowest BCUT2D eigenvalue weighted by molar-refractivity contribution is -0.152. The molecule has 1 aliphatic rings. The number of ether oxygens (including phenoxy) is 3. The number of fused-ring (bicyclic) bond motifs is 1. The van der Waals surface area contributed by atoms with Gasteiger partial charge in [0.1, 0.15) is 29.8 Å². The molecule has 0 aliphatic carbocycles. The second kappa shape index (κ2) is 11.5. The smallest absolute Gasteiger partial charge is 0.327 e. The fourth-order valence-corrected chi connectivity index (χ4v) is 6.61. The van der Waals surface area contributed by atoms with Gasteiger partial charge in [0.15, 0.2) is 0 Å². The molecule has 12 heteroatoms. The Hall–Kier alpha value is -3.31. The summed E-state index contributed by atoms with van der Waals surface area (Å²) in [6.45, 7) is 5.85. The van der Waals surface area contributed by atoms with E-state index in [-0.39, 0.29) is 26.7 Å². The molecule has 4 aromatic rings. The third-order valence-electron chi connectivity index (χ3n) is 6.24. The molecule has 0 N–H and O–H groups in total. The topological polar surface area (TPSA) is 100.0 Å². The first-order valence-electron chi connectivity index (χ1n) is 12.9. The zero-order chi connectivity index (χ0) is 29.4. The molecule has 216 valence electrons. The Morgan fingerprint density at radius 3 is 2.49 bits per heavy atom. The van der Waals surface area contributed by atoms with Crippen LogP contribution < -0.4 is 9.04 Å². The molecule has 5 rings (SSSR count). The minimum Gasteiger partial charge on any atom is -0.486 e. The van der Waals surface area contributed by atoms with Crippen LogP contribution in [0.4, 0.5) is 5.69 Å². The minimum absolute atomic E-state index is 0.0244. The van der Waals surface area contributed by atoms with Gasteiger partial charge in [-0.2, -0.15) is 0 Å². The first-order valence-corrected chi connectivity index (χ1v) is 15.1. The Kier molecular flexibility index (Phi) is 8.20. The number of halogens is 2. The molecule has 0 saturated carbocycles. The van der Waals surface area contributed by atoms with Crippen molar-refractivity contribution in [1.82, 2.24) is 9.55 Å². The van der Waals surface area contributed by atoms with Crippen LogP contribution >= 0.6 is 23.2 Å². The third-order valence-corrected chi connectivity index (χ3v) is 8.42. The van der Waals surface area contributed by atoms with Crippen LogP contribution in [0.3, 0.4) is 0 Å². The number of nitrogens with zero attached hydrogens (tertiary/aromatic N) is 3. The predicted molar refractivity (Wildman–Crippen MR) is 158 cm³/mol. The molecule has 2 aromatic heterocycles. The standard InChI is InChI=1S/C29H29Cl2N3O6S/c1-29(2,3)40-28(35)17-34(41(36,37)25-14-20(30)13-21(31)15-25)22-4-6-26-19(12-22)8-10-33(26)27-7-5-23(16-32-27)39-24-9-11-38-18-24/h4-8,10,12-16,24H,9,11,17-18H2,1-3H3. The molecule has 1 unspecified atom stereocenters. The normalized spacial score (nSPS) is 15.7. The van der Waals surface area contributed by atoms with Crippen molar-refractivity contribution in [2.24, 2.45) is 0 Å². The van der Waals surface area contributed by atoms with Crippen molar-refractivity contribution in [2.75, 3.05) is 24.1 Å². The highest BCUT2D eigenvalue weighted by molar-refractivity contribution is 7.92. The van der Waals surface area contributed by atoms with Crippen LogP contribution in [-0.2, 0) is 24.3 Å². The number of aromatic nitrogens is 2. The molecule has 1 aliphatic heterocycles. The van der Waals surface area contributed by atoms with Crippen LogP contribution in [0, 0.1) is 0 Å². The summed E-state index contributed by atoms with van der Waals surface area (Å²) in [5, 5.41) is 1.05. The molecule has 0 amide bonds. The zero-order valence-corrected chi connectivity index (χ0v) is 25.0. The quantitative estimate of drug-likeness (QED) is 0.222. The maximum atomic E-state index is 13.8. The summed E-state index contributed by atoms with van der Waals surface area (Å²) in [6.07, 6.45) is 4.37. The van der Waals surface area contributed by atoms with E-state index in [2.05, 4.69) is 4.98 Å². The zero-order valence-electron chi connectivity index (χ0n) is 22.7. The summed E-state index contributed by atoms with van der Waals surface area (Å²) in [5.74, 6) is 0.615. The molecular weight excluding hydrogens is 589 g/mol. The number of hydrogen-bond donors (Lipinski definition) is 0. The Bertz CT molecular complexity index is 1660. The van der Waals surface area contributed by atoms with Crippen LogP contribution in [0.5, 0.6) is 5.75 Å². The number of sulfonamides is 1. The number of rotatable bonds is 8. The van der Waals surface area contributed by atoms with E-state index in [1.54, 1.807) is 45.2 Å². The molecule has 1 saturated heterocycles. The number of pyridine rings is 1. The summed E-state index contributed by atoms with van der Waals surface area (Å²) >= 11 is 12.2. The molecule has 1 atom stereocenters. The lowest BCUT2D eigenvalue weighted by Crippen LogP contribution is -2.39. The minimum atomic E-state index is -4.26. The second-order valence-electron chi connectivity index (χ2n) is 10.6. The molecule has 2 aromatic carbocycles. The number of benzene rings is 2. The van der Waals surface area contributed by atoms with Crippen molar-refractivity contribution < 1.29 is 27.4 Å². The van der Waals surface area contributed by atoms with E-state index in [9.17, 15) is 13.2 Å². The van der Waals surface area contributed by atoms with E-state index >= 15 is 0 Å². The van der Waals surface area contributed by atoms with Crippen molar-refractivity contribution in [3.8, 4) is 11.6 Å². The average molecular weight is 619 g/mol. The fraction of sp³-hybridized carbons (Fsp3) is 0.310. The maximum Gasteiger partial charge on any atom is 0.327 e. The SMILES string of the molecule is CC(C)(C)OC(=O)CN(c1ccc2c(ccn2-c2ccc(OC3CCOC3)cn2)c1)S(=O)(=O)c1cc(Cl)cc(Cl)c1. The van der Waals surface area contributed by atoms with E-state index in [1.165, 1.54) is 18.2 Å². The monoisotopic (exact) mass is 617 g/mol. The van der Waals surface area contributed by atoms with Crippen molar-refractivity contribution in [3.05, 3.63) is 77.0 Å². The van der Waals surface area contributed by atoms with Crippen molar-refractivity contribution in [3.63, 3.8) is 0 Å². The third kappa shape index (κ3) is 6.78. The molecule has 41 heavy (non-hydrogen) atoms. The second-order valence-corrected chi connectivity index (χ2v) is 13.3. The highest BCUT2D eigenvalue weighted by atomic mass is 35.5. The Balaban J connectivity index is 1.48. The van der Waals surface area contributed by atoms with Gasteiger partial charge >= 0.3 is 5.97 Å². The molecular formula is C29H29Cl2N3O6S. The van der Waals surface area contributed by atoms with Crippen molar-refractivity contribution >= 4 is 55.8 Å². The number of carbonyl (C=O) groups is 1. The van der Waals surface area contributed by atoms with E-state index < -0.39 is 28.1 Å². The van der Waals surface area contributed by atoms with Gasteiger partial charge in [0.2, 0.25) is 0 Å². The lowest BCUT2D eigenvalue weighted by atomic mass is 10.2.